The first kappa shape index (κ1) is 11.2. The Balaban J connectivity index is 2.92. The van der Waals surface area contributed by atoms with Gasteiger partial charge in [0.25, 0.3) is 9.05 Å². The van der Waals surface area contributed by atoms with Crippen molar-refractivity contribution in [1.82, 2.24) is 4.98 Å². The van der Waals surface area contributed by atoms with E-state index in [1.807, 2.05) is 13.0 Å². The van der Waals surface area contributed by atoms with E-state index in [0.717, 1.165) is 11.8 Å². The molecule has 0 fully saturated rings. The van der Waals surface area contributed by atoms with E-state index in [4.69, 9.17) is 10.7 Å². The van der Waals surface area contributed by atoms with E-state index in [9.17, 15) is 13.5 Å². The molecule has 16 heavy (non-hydrogen) atoms. The molecular weight excluding hydrogens is 250 g/mol. The largest absolute Gasteiger partial charge is 0.506 e. The highest BCUT2D eigenvalue weighted by Gasteiger charge is 2.18. The fourth-order valence-corrected chi connectivity index (χ4v) is 2.38. The van der Waals surface area contributed by atoms with Crippen molar-refractivity contribution in [2.24, 2.45) is 0 Å². The summed E-state index contributed by atoms with van der Waals surface area (Å²) in [6.07, 6.45) is 1.06. The molecule has 0 spiro atoms. The van der Waals surface area contributed by atoms with Gasteiger partial charge in [0.2, 0.25) is 0 Å². The van der Waals surface area contributed by atoms with Gasteiger partial charge in [0.1, 0.15) is 10.6 Å². The molecular formula is C10H8ClNO3S. The Morgan fingerprint density at radius 1 is 1.38 bits per heavy atom. The predicted molar refractivity (Wildman–Crippen MR) is 61.2 cm³/mol. The molecule has 0 bridgehead atoms. The second-order valence-corrected chi connectivity index (χ2v) is 5.91. The first-order valence-corrected chi connectivity index (χ1v) is 6.74. The second-order valence-electron chi connectivity index (χ2n) is 3.38. The summed E-state index contributed by atoms with van der Waals surface area (Å²) in [5.41, 5.74) is 1.41. The Morgan fingerprint density at radius 2 is 2.06 bits per heavy atom. The van der Waals surface area contributed by atoms with Crippen LogP contribution in [0, 0.1) is 6.92 Å². The number of hydrogen-bond donors (Lipinski definition) is 1. The number of halogens is 1. The van der Waals surface area contributed by atoms with Crippen molar-refractivity contribution in [2.45, 2.75) is 11.8 Å². The maximum Gasteiger partial charge on any atom is 0.266 e. The van der Waals surface area contributed by atoms with Gasteiger partial charge >= 0.3 is 0 Å². The standard InChI is InChI=1S/C10H8ClNO3S/c1-6-3-2-4-7-9(6)12-5-8(10(7)13)16(11,14)15/h2-5H,1H3,(H,12,13). The zero-order valence-corrected chi connectivity index (χ0v) is 9.88. The normalized spacial score (nSPS) is 11.9. The van der Waals surface area contributed by atoms with Gasteiger partial charge in [0.05, 0.1) is 11.7 Å². The molecule has 0 saturated heterocycles. The van der Waals surface area contributed by atoms with Crippen molar-refractivity contribution in [2.75, 3.05) is 0 Å². The molecule has 1 heterocycles. The number of aromatic nitrogens is 1. The predicted octanol–water partition coefficient (Wildman–Crippen LogP) is 2.18. The third-order valence-electron chi connectivity index (χ3n) is 2.30. The molecule has 4 nitrogen and oxygen atoms in total. The fourth-order valence-electron chi connectivity index (χ4n) is 1.52. The third kappa shape index (κ3) is 1.72. The van der Waals surface area contributed by atoms with Gasteiger partial charge in [0, 0.05) is 16.1 Å². The molecule has 0 atom stereocenters. The average molecular weight is 258 g/mol. The van der Waals surface area contributed by atoms with Crippen molar-refractivity contribution in [3.05, 3.63) is 30.0 Å². The highest BCUT2D eigenvalue weighted by Crippen LogP contribution is 2.32. The molecule has 0 aliphatic rings. The SMILES string of the molecule is Cc1cccc2c(O)c(S(=O)(=O)Cl)cnc12. The van der Waals surface area contributed by atoms with Crippen LogP contribution in [0.2, 0.25) is 0 Å². The van der Waals surface area contributed by atoms with Gasteiger partial charge in [-0.2, -0.15) is 0 Å². The van der Waals surface area contributed by atoms with Crippen molar-refractivity contribution in [3.63, 3.8) is 0 Å². The van der Waals surface area contributed by atoms with Crippen LogP contribution in [-0.2, 0) is 9.05 Å². The zero-order valence-electron chi connectivity index (χ0n) is 8.31. The molecule has 0 unspecified atom stereocenters. The van der Waals surface area contributed by atoms with Crippen LogP contribution in [0.5, 0.6) is 5.75 Å². The van der Waals surface area contributed by atoms with Crippen molar-refractivity contribution < 1.29 is 13.5 Å². The van der Waals surface area contributed by atoms with Gasteiger partial charge in [-0.1, -0.05) is 12.1 Å². The lowest BCUT2D eigenvalue weighted by atomic mass is 10.1. The summed E-state index contributed by atoms with van der Waals surface area (Å²) in [6, 6.07) is 5.13. The molecule has 2 aromatic rings. The Morgan fingerprint density at radius 3 is 2.69 bits per heavy atom. The number of para-hydroxylation sites is 1. The topological polar surface area (TPSA) is 67.3 Å². The lowest BCUT2D eigenvalue weighted by molar-refractivity contribution is 0.465. The van der Waals surface area contributed by atoms with E-state index in [2.05, 4.69) is 4.98 Å². The summed E-state index contributed by atoms with van der Waals surface area (Å²) >= 11 is 0. The quantitative estimate of drug-likeness (QED) is 0.795. The first-order valence-electron chi connectivity index (χ1n) is 4.43. The van der Waals surface area contributed by atoms with Crippen LogP contribution in [-0.4, -0.2) is 18.5 Å². The van der Waals surface area contributed by atoms with E-state index in [1.54, 1.807) is 12.1 Å². The average Bonchev–Trinajstić information content (AvgIpc) is 2.18. The Kier molecular flexibility index (Phi) is 2.52. The maximum absolute atomic E-state index is 11.1. The minimum Gasteiger partial charge on any atom is -0.506 e. The highest BCUT2D eigenvalue weighted by atomic mass is 35.7. The highest BCUT2D eigenvalue weighted by molar-refractivity contribution is 8.13. The third-order valence-corrected chi connectivity index (χ3v) is 3.62. The molecule has 0 saturated carbocycles. The van der Waals surface area contributed by atoms with Crippen molar-refractivity contribution in [1.29, 1.82) is 0 Å². The summed E-state index contributed by atoms with van der Waals surface area (Å²) in [5, 5.41) is 10.2. The molecule has 1 N–H and O–H groups in total. The molecule has 6 heteroatoms. The summed E-state index contributed by atoms with van der Waals surface area (Å²) < 4.78 is 22.3. The lowest BCUT2D eigenvalue weighted by Gasteiger charge is -2.06. The minimum atomic E-state index is -3.98. The monoisotopic (exact) mass is 257 g/mol. The van der Waals surface area contributed by atoms with Crippen molar-refractivity contribution in [3.8, 4) is 5.75 Å². The second kappa shape index (κ2) is 3.61. The molecule has 2 rings (SSSR count). The Labute approximate surface area is 96.9 Å². The van der Waals surface area contributed by atoms with Gasteiger partial charge in [-0.05, 0) is 18.6 Å². The Hall–Kier alpha value is -1.33. The van der Waals surface area contributed by atoms with Crippen LogP contribution in [0.25, 0.3) is 10.9 Å². The summed E-state index contributed by atoms with van der Waals surface area (Å²) in [7, 11) is 1.20. The van der Waals surface area contributed by atoms with Crippen LogP contribution >= 0.6 is 10.7 Å². The van der Waals surface area contributed by atoms with Gasteiger partial charge < -0.3 is 5.11 Å². The summed E-state index contributed by atoms with van der Waals surface area (Å²) in [5.74, 6) is -0.358. The van der Waals surface area contributed by atoms with Crippen LogP contribution in [0.15, 0.2) is 29.3 Å². The molecule has 0 aliphatic carbocycles. The zero-order chi connectivity index (χ0) is 11.9. The van der Waals surface area contributed by atoms with Gasteiger partial charge in [-0.25, -0.2) is 8.42 Å². The van der Waals surface area contributed by atoms with Gasteiger partial charge in [-0.3, -0.25) is 4.98 Å². The molecule has 1 aromatic carbocycles. The summed E-state index contributed by atoms with van der Waals surface area (Å²) in [6.45, 7) is 1.82. The van der Waals surface area contributed by atoms with Crippen molar-refractivity contribution >= 4 is 30.6 Å². The smallest absolute Gasteiger partial charge is 0.266 e. The van der Waals surface area contributed by atoms with Crippen LogP contribution in [0.1, 0.15) is 5.56 Å². The van der Waals surface area contributed by atoms with E-state index >= 15 is 0 Å². The van der Waals surface area contributed by atoms with E-state index in [1.165, 1.54) is 0 Å². The van der Waals surface area contributed by atoms with E-state index < -0.39 is 9.05 Å². The number of rotatable bonds is 1. The van der Waals surface area contributed by atoms with E-state index in [-0.39, 0.29) is 10.6 Å². The lowest BCUT2D eigenvalue weighted by Crippen LogP contribution is -1.94. The molecule has 0 amide bonds. The molecule has 1 aromatic heterocycles. The number of nitrogens with zero attached hydrogens (tertiary/aromatic N) is 1. The number of fused-ring (bicyclic) bond motifs is 1. The molecule has 84 valence electrons. The molecule has 0 radical (unpaired) electrons. The number of aryl methyl sites for hydroxylation is 1. The Bertz CT molecular complexity index is 667. The van der Waals surface area contributed by atoms with Crippen LogP contribution in [0.4, 0.5) is 0 Å². The minimum absolute atomic E-state index is 0.358. The first-order chi connectivity index (χ1) is 7.41. The number of aromatic hydroxyl groups is 1. The van der Waals surface area contributed by atoms with Gasteiger partial charge in [-0.15, -0.1) is 0 Å². The van der Waals surface area contributed by atoms with Gasteiger partial charge in [0.15, 0.2) is 0 Å². The van der Waals surface area contributed by atoms with Crippen LogP contribution in [0.3, 0.4) is 0 Å². The molecule has 0 aliphatic heterocycles. The van der Waals surface area contributed by atoms with Crippen LogP contribution < -0.4 is 0 Å². The number of hydrogen-bond acceptors (Lipinski definition) is 4. The maximum atomic E-state index is 11.1. The fraction of sp³-hybridized carbons (Fsp3) is 0.100. The summed E-state index contributed by atoms with van der Waals surface area (Å²) in [4.78, 5) is 3.62. The number of benzene rings is 1. The van der Waals surface area contributed by atoms with E-state index in [0.29, 0.717) is 10.9 Å². The number of pyridine rings is 1.